The number of nitrogens with two attached hydrogens (primary N) is 1. The summed E-state index contributed by atoms with van der Waals surface area (Å²) in [5.41, 5.74) is 5.17. The SMILES string of the molecule is CC1(C)C[C@@](CCN)(c2cccc(C(F)(F)F)c2)CCO1. The second-order valence-corrected chi connectivity index (χ2v) is 6.43. The highest BCUT2D eigenvalue weighted by Gasteiger charge is 2.42. The average Bonchev–Trinajstić information content (AvgIpc) is 2.37. The minimum atomic E-state index is -4.32. The lowest BCUT2D eigenvalue weighted by Crippen LogP contribution is -2.45. The van der Waals surface area contributed by atoms with E-state index in [9.17, 15) is 13.2 Å². The molecule has 0 radical (unpaired) electrons. The highest BCUT2D eigenvalue weighted by atomic mass is 19.4. The van der Waals surface area contributed by atoms with E-state index in [4.69, 9.17) is 10.5 Å². The van der Waals surface area contributed by atoms with Crippen LogP contribution in [0.1, 0.15) is 44.2 Å². The molecule has 0 saturated carbocycles. The van der Waals surface area contributed by atoms with E-state index in [-0.39, 0.29) is 11.0 Å². The summed E-state index contributed by atoms with van der Waals surface area (Å²) in [6.07, 6.45) is -2.27. The van der Waals surface area contributed by atoms with Crippen molar-refractivity contribution in [2.45, 2.75) is 50.3 Å². The van der Waals surface area contributed by atoms with Crippen molar-refractivity contribution < 1.29 is 17.9 Å². The Morgan fingerprint density at radius 1 is 1.29 bits per heavy atom. The topological polar surface area (TPSA) is 35.2 Å². The van der Waals surface area contributed by atoms with Crippen molar-refractivity contribution in [1.82, 2.24) is 0 Å². The molecule has 0 aromatic heterocycles. The third kappa shape index (κ3) is 3.58. The van der Waals surface area contributed by atoms with Crippen LogP contribution in [0.5, 0.6) is 0 Å². The summed E-state index contributed by atoms with van der Waals surface area (Å²) in [4.78, 5) is 0. The van der Waals surface area contributed by atoms with E-state index in [0.717, 1.165) is 11.6 Å². The van der Waals surface area contributed by atoms with Crippen LogP contribution in [0.25, 0.3) is 0 Å². The number of alkyl halides is 3. The van der Waals surface area contributed by atoms with Crippen LogP contribution in [-0.4, -0.2) is 18.8 Å². The predicted octanol–water partition coefficient (Wildman–Crippen LogP) is 3.88. The number of halogens is 3. The molecule has 2 rings (SSSR count). The lowest BCUT2D eigenvalue weighted by atomic mass is 9.67. The first-order valence-corrected chi connectivity index (χ1v) is 7.20. The number of benzene rings is 1. The van der Waals surface area contributed by atoms with Gasteiger partial charge in [0.15, 0.2) is 0 Å². The molecule has 1 atom stereocenters. The smallest absolute Gasteiger partial charge is 0.376 e. The maximum atomic E-state index is 12.9. The third-order valence-electron chi connectivity index (χ3n) is 4.26. The van der Waals surface area contributed by atoms with Crippen LogP contribution in [-0.2, 0) is 16.3 Å². The Balaban J connectivity index is 2.43. The van der Waals surface area contributed by atoms with Gasteiger partial charge in [0.1, 0.15) is 0 Å². The lowest BCUT2D eigenvalue weighted by molar-refractivity contribution is -0.137. The molecule has 0 bridgehead atoms. The summed E-state index contributed by atoms with van der Waals surface area (Å²) in [6, 6.07) is 5.66. The second-order valence-electron chi connectivity index (χ2n) is 6.43. The number of rotatable bonds is 3. The fourth-order valence-electron chi connectivity index (χ4n) is 3.38. The first-order valence-electron chi connectivity index (χ1n) is 7.20. The van der Waals surface area contributed by atoms with Gasteiger partial charge in [0.2, 0.25) is 0 Å². The highest BCUT2D eigenvalue weighted by molar-refractivity contribution is 5.33. The van der Waals surface area contributed by atoms with Gasteiger partial charge in [0, 0.05) is 12.0 Å². The summed E-state index contributed by atoms with van der Waals surface area (Å²) in [5.74, 6) is 0. The van der Waals surface area contributed by atoms with Crippen molar-refractivity contribution in [3.05, 3.63) is 35.4 Å². The Hall–Kier alpha value is -1.07. The fraction of sp³-hybridized carbons (Fsp3) is 0.625. The molecule has 118 valence electrons. The number of hydrogen-bond donors (Lipinski definition) is 1. The summed E-state index contributed by atoms with van der Waals surface area (Å²) < 4.78 is 44.6. The summed E-state index contributed by atoms with van der Waals surface area (Å²) in [5, 5.41) is 0. The summed E-state index contributed by atoms with van der Waals surface area (Å²) >= 11 is 0. The molecule has 0 spiro atoms. The quantitative estimate of drug-likeness (QED) is 0.919. The molecule has 2 N–H and O–H groups in total. The lowest BCUT2D eigenvalue weighted by Gasteiger charge is -2.45. The van der Waals surface area contributed by atoms with E-state index < -0.39 is 11.7 Å². The van der Waals surface area contributed by atoms with Gasteiger partial charge in [0.05, 0.1) is 11.2 Å². The molecule has 1 aromatic carbocycles. The molecule has 1 saturated heterocycles. The summed E-state index contributed by atoms with van der Waals surface area (Å²) in [6.45, 7) is 4.95. The zero-order valence-corrected chi connectivity index (χ0v) is 12.5. The van der Waals surface area contributed by atoms with Crippen LogP contribution in [0.4, 0.5) is 13.2 Å². The van der Waals surface area contributed by atoms with Crippen molar-refractivity contribution in [3.8, 4) is 0 Å². The Bertz CT molecular complexity index is 495. The molecule has 1 aliphatic heterocycles. The van der Waals surface area contributed by atoms with E-state index in [1.807, 2.05) is 13.8 Å². The molecule has 1 aliphatic rings. The standard InChI is InChI=1S/C16H22F3NO/c1-14(2)11-15(6-8-20,7-9-21-14)12-4-3-5-13(10-12)16(17,18)19/h3-5,10H,6-9,11,20H2,1-2H3/t15-/m0/s1. The molecule has 0 unspecified atom stereocenters. The van der Waals surface area contributed by atoms with Crippen molar-refractivity contribution in [2.24, 2.45) is 5.73 Å². The fourth-order valence-corrected chi connectivity index (χ4v) is 3.38. The Morgan fingerprint density at radius 2 is 2.00 bits per heavy atom. The molecular weight excluding hydrogens is 279 g/mol. The third-order valence-corrected chi connectivity index (χ3v) is 4.26. The van der Waals surface area contributed by atoms with Gasteiger partial charge in [-0.15, -0.1) is 0 Å². The molecule has 21 heavy (non-hydrogen) atoms. The van der Waals surface area contributed by atoms with Crippen LogP contribution in [0, 0.1) is 0 Å². The normalized spacial score (nSPS) is 25.8. The minimum Gasteiger partial charge on any atom is -0.376 e. The molecule has 1 aromatic rings. The van der Waals surface area contributed by atoms with Gasteiger partial charge in [-0.25, -0.2) is 0 Å². The van der Waals surface area contributed by atoms with Crippen LogP contribution in [0.2, 0.25) is 0 Å². The number of ether oxygens (including phenoxy) is 1. The molecule has 1 heterocycles. The molecule has 0 amide bonds. The molecular formula is C16H22F3NO. The zero-order chi connectivity index (χ0) is 15.7. The Morgan fingerprint density at radius 3 is 2.57 bits per heavy atom. The Labute approximate surface area is 123 Å². The van der Waals surface area contributed by atoms with Crippen molar-refractivity contribution in [3.63, 3.8) is 0 Å². The molecule has 1 fully saturated rings. The average molecular weight is 301 g/mol. The van der Waals surface area contributed by atoms with Gasteiger partial charge >= 0.3 is 6.18 Å². The van der Waals surface area contributed by atoms with E-state index in [0.29, 0.717) is 32.4 Å². The van der Waals surface area contributed by atoms with Crippen LogP contribution in [0.3, 0.4) is 0 Å². The van der Waals surface area contributed by atoms with Crippen LogP contribution in [0.15, 0.2) is 24.3 Å². The predicted molar refractivity (Wildman–Crippen MR) is 76.1 cm³/mol. The Kier molecular flexibility index (Phi) is 4.36. The maximum Gasteiger partial charge on any atom is 0.416 e. The van der Waals surface area contributed by atoms with Crippen LogP contribution >= 0.6 is 0 Å². The maximum absolute atomic E-state index is 12.9. The van der Waals surface area contributed by atoms with E-state index >= 15 is 0 Å². The van der Waals surface area contributed by atoms with Gasteiger partial charge in [-0.3, -0.25) is 0 Å². The van der Waals surface area contributed by atoms with Crippen molar-refractivity contribution in [1.29, 1.82) is 0 Å². The molecule has 5 heteroatoms. The van der Waals surface area contributed by atoms with Gasteiger partial charge < -0.3 is 10.5 Å². The van der Waals surface area contributed by atoms with E-state index in [1.165, 1.54) is 12.1 Å². The second kappa shape index (κ2) is 5.61. The number of hydrogen-bond acceptors (Lipinski definition) is 2. The molecule has 2 nitrogen and oxygen atoms in total. The zero-order valence-electron chi connectivity index (χ0n) is 12.5. The first kappa shape index (κ1) is 16.3. The molecule has 0 aliphatic carbocycles. The van der Waals surface area contributed by atoms with Gasteiger partial charge in [-0.1, -0.05) is 18.2 Å². The van der Waals surface area contributed by atoms with E-state index in [2.05, 4.69) is 0 Å². The van der Waals surface area contributed by atoms with Gasteiger partial charge in [-0.05, 0) is 51.3 Å². The first-order chi connectivity index (χ1) is 9.69. The van der Waals surface area contributed by atoms with Crippen molar-refractivity contribution in [2.75, 3.05) is 13.2 Å². The van der Waals surface area contributed by atoms with Gasteiger partial charge in [-0.2, -0.15) is 13.2 Å². The van der Waals surface area contributed by atoms with Crippen LogP contribution < -0.4 is 5.73 Å². The highest BCUT2D eigenvalue weighted by Crippen LogP contribution is 2.44. The largest absolute Gasteiger partial charge is 0.416 e. The van der Waals surface area contributed by atoms with E-state index in [1.54, 1.807) is 6.07 Å². The van der Waals surface area contributed by atoms with Gasteiger partial charge in [0.25, 0.3) is 0 Å². The summed E-state index contributed by atoms with van der Waals surface area (Å²) in [7, 11) is 0. The monoisotopic (exact) mass is 301 g/mol. The van der Waals surface area contributed by atoms with Crippen molar-refractivity contribution >= 4 is 0 Å². The minimum absolute atomic E-state index is 0.336.